The van der Waals surface area contributed by atoms with Crippen LogP contribution >= 0.6 is 12.2 Å². The zero-order chi connectivity index (χ0) is 21.9. The average Bonchev–Trinajstić information content (AvgIpc) is 2.76. The van der Waals surface area contributed by atoms with Crippen molar-refractivity contribution in [1.29, 1.82) is 0 Å². The summed E-state index contributed by atoms with van der Waals surface area (Å²) in [6.07, 6.45) is 4.21. The number of rotatable bonds is 12. The summed E-state index contributed by atoms with van der Waals surface area (Å²) < 4.78 is 0. The molecule has 30 heavy (non-hydrogen) atoms. The van der Waals surface area contributed by atoms with Crippen molar-refractivity contribution in [3.05, 3.63) is 45.7 Å². The molecule has 1 aromatic heterocycles. The maximum atomic E-state index is 12.7. The standard InChI is InChI=1S/C24H38N4OS/c1-5-9-13-25-24(30)28(15-10-14-27(7-3)8-4)18-21-17-20-16-19(6-2)11-12-22(20)26-23(21)29/h11-12,16-17H,5-10,13-15,18H2,1-4H3,(H,25,30)(H,26,29). The van der Waals surface area contributed by atoms with Gasteiger partial charge in [0.15, 0.2) is 5.11 Å². The highest BCUT2D eigenvalue weighted by atomic mass is 32.1. The van der Waals surface area contributed by atoms with E-state index in [0.717, 1.165) is 80.0 Å². The Kier molecular flexibility index (Phi) is 10.3. The molecule has 0 atom stereocenters. The molecule has 1 aromatic carbocycles. The van der Waals surface area contributed by atoms with E-state index in [9.17, 15) is 4.79 Å². The SMILES string of the molecule is CCCCNC(=S)N(CCCN(CC)CC)Cc1cc2cc(CC)ccc2[nH]c1=O. The third kappa shape index (κ3) is 7.10. The number of aromatic nitrogens is 1. The first kappa shape index (κ1) is 24.4. The fourth-order valence-electron chi connectivity index (χ4n) is 3.61. The van der Waals surface area contributed by atoms with Gasteiger partial charge in [0.05, 0.1) is 6.54 Å². The molecule has 2 aromatic rings. The number of nitrogens with one attached hydrogen (secondary N) is 2. The van der Waals surface area contributed by atoms with Gasteiger partial charge in [-0.25, -0.2) is 0 Å². The summed E-state index contributed by atoms with van der Waals surface area (Å²) in [5, 5.41) is 5.20. The number of unbranched alkanes of at least 4 members (excludes halogenated alkanes) is 1. The van der Waals surface area contributed by atoms with Crippen molar-refractivity contribution in [3.63, 3.8) is 0 Å². The first-order valence-corrected chi connectivity index (χ1v) is 11.8. The molecular weight excluding hydrogens is 392 g/mol. The number of fused-ring (bicyclic) bond motifs is 1. The van der Waals surface area contributed by atoms with Gasteiger partial charge in [-0.05, 0) is 80.3 Å². The van der Waals surface area contributed by atoms with Crippen molar-refractivity contribution in [3.8, 4) is 0 Å². The van der Waals surface area contributed by atoms with Crippen LogP contribution in [0.2, 0.25) is 0 Å². The fourth-order valence-corrected chi connectivity index (χ4v) is 3.86. The summed E-state index contributed by atoms with van der Waals surface area (Å²) in [6, 6.07) is 8.26. The third-order valence-corrected chi connectivity index (χ3v) is 6.05. The number of aromatic amines is 1. The van der Waals surface area contributed by atoms with Gasteiger partial charge in [0.25, 0.3) is 5.56 Å². The number of hydrogen-bond acceptors (Lipinski definition) is 3. The first-order chi connectivity index (χ1) is 14.5. The smallest absolute Gasteiger partial charge is 0.253 e. The number of thiocarbonyl (C=S) groups is 1. The summed E-state index contributed by atoms with van der Waals surface area (Å²) in [7, 11) is 0. The number of H-pyrrole nitrogens is 1. The van der Waals surface area contributed by atoms with E-state index in [1.165, 1.54) is 5.56 Å². The Labute approximate surface area is 186 Å². The van der Waals surface area contributed by atoms with Crippen molar-refractivity contribution in [2.45, 2.75) is 59.9 Å². The van der Waals surface area contributed by atoms with Crippen LogP contribution in [0.3, 0.4) is 0 Å². The van der Waals surface area contributed by atoms with Crippen LogP contribution in [0.4, 0.5) is 0 Å². The zero-order valence-electron chi connectivity index (χ0n) is 19.1. The van der Waals surface area contributed by atoms with E-state index in [-0.39, 0.29) is 5.56 Å². The highest BCUT2D eigenvalue weighted by molar-refractivity contribution is 7.80. The molecule has 0 aliphatic heterocycles. The highest BCUT2D eigenvalue weighted by Crippen LogP contribution is 2.15. The second-order valence-corrected chi connectivity index (χ2v) is 8.17. The summed E-state index contributed by atoms with van der Waals surface area (Å²) >= 11 is 5.69. The van der Waals surface area contributed by atoms with E-state index >= 15 is 0 Å². The molecule has 0 fully saturated rings. The Balaban J connectivity index is 2.19. The second kappa shape index (κ2) is 12.7. The van der Waals surface area contributed by atoms with Crippen LogP contribution in [-0.2, 0) is 13.0 Å². The van der Waals surface area contributed by atoms with E-state index in [0.29, 0.717) is 6.54 Å². The number of aryl methyl sites for hydroxylation is 1. The Morgan fingerprint density at radius 1 is 1.07 bits per heavy atom. The molecule has 0 amide bonds. The van der Waals surface area contributed by atoms with Crippen LogP contribution in [0, 0.1) is 0 Å². The molecular formula is C24H38N4OS. The minimum absolute atomic E-state index is 0.0307. The van der Waals surface area contributed by atoms with Crippen molar-refractivity contribution in [1.82, 2.24) is 20.1 Å². The molecule has 0 unspecified atom stereocenters. The largest absolute Gasteiger partial charge is 0.363 e. The number of benzene rings is 1. The number of nitrogens with zero attached hydrogens (tertiary/aromatic N) is 2. The van der Waals surface area contributed by atoms with E-state index in [2.05, 4.69) is 59.9 Å². The van der Waals surface area contributed by atoms with Crippen LogP contribution in [0.15, 0.2) is 29.1 Å². The molecule has 0 radical (unpaired) electrons. The lowest BCUT2D eigenvalue weighted by Gasteiger charge is -2.27. The molecule has 0 aliphatic carbocycles. The molecule has 1 heterocycles. The lowest BCUT2D eigenvalue weighted by molar-refractivity contribution is 0.279. The number of hydrogen-bond donors (Lipinski definition) is 2. The molecule has 6 heteroatoms. The van der Waals surface area contributed by atoms with Crippen molar-refractivity contribution < 1.29 is 0 Å². The molecule has 0 aliphatic rings. The van der Waals surface area contributed by atoms with Gasteiger partial charge in [0, 0.05) is 24.2 Å². The average molecular weight is 431 g/mol. The topological polar surface area (TPSA) is 51.4 Å². The van der Waals surface area contributed by atoms with Gasteiger partial charge in [-0.2, -0.15) is 0 Å². The van der Waals surface area contributed by atoms with Crippen LogP contribution in [0.5, 0.6) is 0 Å². The summed E-state index contributed by atoms with van der Waals surface area (Å²) in [5.74, 6) is 0. The number of pyridine rings is 1. The van der Waals surface area contributed by atoms with E-state index < -0.39 is 0 Å². The van der Waals surface area contributed by atoms with Gasteiger partial charge in [-0.3, -0.25) is 4.79 Å². The van der Waals surface area contributed by atoms with Crippen LogP contribution in [0.1, 0.15) is 58.1 Å². The molecule has 0 spiro atoms. The van der Waals surface area contributed by atoms with Gasteiger partial charge < -0.3 is 20.1 Å². The minimum atomic E-state index is -0.0307. The van der Waals surface area contributed by atoms with E-state index in [4.69, 9.17) is 12.2 Å². The Bertz CT molecular complexity index is 860. The molecule has 0 saturated carbocycles. The van der Waals surface area contributed by atoms with Crippen molar-refractivity contribution in [2.75, 3.05) is 32.7 Å². The van der Waals surface area contributed by atoms with Gasteiger partial charge >= 0.3 is 0 Å². The first-order valence-electron chi connectivity index (χ1n) is 11.4. The summed E-state index contributed by atoms with van der Waals surface area (Å²) in [6.45, 7) is 14.1. The maximum absolute atomic E-state index is 12.7. The van der Waals surface area contributed by atoms with Gasteiger partial charge in [-0.1, -0.05) is 40.2 Å². The Hall–Kier alpha value is -1.92. The highest BCUT2D eigenvalue weighted by Gasteiger charge is 2.14. The molecule has 2 N–H and O–H groups in total. The van der Waals surface area contributed by atoms with Crippen LogP contribution in [0.25, 0.3) is 10.9 Å². The lowest BCUT2D eigenvalue weighted by atomic mass is 10.1. The second-order valence-electron chi connectivity index (χ2n) is 7.79. The quantitative estimate of drug-likeness (QED) is 0.388. The van der Waals surface area contributed by atoms with Crippen molar-refractivity contribution >= 4 is 28.2 Å². The van der Waals surface area contributed by atoms with E-state index in [1.807, 2.05) is 12.1 Å². The Morgan fingerprint density at radius 3 is 2.50 bits per heavy atom. The van der Waals surface area contributed by atoms with Gasteiger partial charge in [0.1, 0.15) is 0 Å². The van der Waals surface area contributed by atoms with E-state index in [1.54, 1.807) is 0 Å². The van der Waals surface area contributed by atoms with Gasteiger partial charge in [0.2, 0.25) is 0 Å². The maximum Gasteiger partial charge on any atom is 0.253 e. The molecule has 2 rings (SSSR count). The molecule has 5 nitrogen and oxygen atoms in total. The third-order valence-electron chi connectivity index (χ3n) is 5.65. The normalized spacial score (nSPS) is 11.2. The minimum Gasteiger partial charge on any atom is -0.363 e. The van der Waals surface area contributed by atoms with Crippen molar-refractivity contribution in [2.24, 2.45) is 0 Å². The lowest BCUT2D eigenvalue weighted by Crippen LogP contribution is -2.42. The van der Waals surface area contributed by atoms with Gasteiger partial charge in [-0.15, -0.1) is 0 Å². The summed E-state index contributed by atoms with van der Waals surface area (Å²) in [5.41, 5.74) is 2.89. The summed E-state index contributed by atoms with van der Waals surface area (Å²) in [4.78, 5) is 20.3. The predicted octanol–water partition coefficient (Wildman–Crippen LogP) is 4.30. The molecule has 0 bridgehead atoms. The molecule has 166 valence electrons. The van der Waals surface area contributed by atoms with Crippen LogP contribution < -0.4 is 10.9 Å². The van der Waals surface area contributed by atoms with Crippen LogP contribution in [-0.4, -0.2) is 52.6 Å². The zero-order valence-corrected chi connectivity index (χ0v) is 19.9. The fraction of sp³-hybridized carbons (Fsp3) is 0.583. The molecule has 0 saturated heterocycles. The predicted molar refractivity (Wildman–Crippen MR) is 132 cm³/mol. The Morgan fingerprint density at radius 2 is 1.83 bits per heavy atom. The monoisotopic (exact) mass is 430 g/mol.